The molecule has 0 radical (unpaired) electrons. The van der Waals surface area contributed by atoms with E-state index in [0.29, 0.717) is 23.6 Å². The average Bonchev–Trinajstić information content (AvgIpc) is 3.12. The summed E-state index contributed by atoms with van der Waals surface area (Å²) in [5.74, 6) is -2.11. The Labute approximate surface area is 212 Å². The molecular formula is C27H22Cl3F2NO. The SMILES string of the molecule is O=C1[C@H]2C=C[C@@H](C3=CC=C(Cl)CC3Cl)[C@@H](c3ccc(Cl)cc3)[C@@H]2CN1Cc1ccc(F)c(F)c1. The van der Waals surface area contributed by atoms with Crippen molar-refractivity contribution in [1.82, 2.24) is 4.90 Å². The molecule has 1 unspecified atom stereocenters. The molecule has 7 heteroatoms. The van der Waals surface area contributed by atoms with E-state index in [2.05, 4.69) is 6.08 Å². The number of nitrogens with zero attached hydrogens (tertiary/aromatic N) is 1. The number of likely N-dealkylation sites (tertiary alicyclic amines) is 1. The van der Waals surface area contributed by atoms with Gasteiger partial charge in [0.2, 0.25) is 5.91 Å². The monoisotopic (exact) mass is 519 g/mol. The molecule has 2 aliphatic carbocycles. The Balaban J connectivity index is 1.49. The van der Waals surface area contributed by atoms with Gasteiger partial charge in [-0.05, 0) is 58.9 Å². The zero-order valence-corrected chi connectivity index (χ0v) is 20.4. The first-order chi connectivity index (χ1) is 16.3. The van der Waals surface area contributed by atoms with Crippen LogP contribution in [0.4, 0.5) is 8.78 Å². The van der Waals surface area contributed by atoms with Crippen molar-refractivity contribution in [1.29, 1.82) is 0 Å². The lowest BCUT2D eigenvalue weighted by atomic mass is 9.65. The van der Waals surface area contributed by atoms with E-state index in [1.807, 2.05) is 42.5 Å². The molecule has 0 N–H and O–H groups in total. The highest BCUT2D eigenvalue weighted by Crippen LogP contribution is 2.50. The van der Waals surface area contributed by atoms with E-state index in [0.717, 1.165) is 28.3 Å². The van der Waals surface area contributed by atoms with Crippen LogP contribution in [0.3, 0.4) is 0 Å². The molecule has 1 fully saturated rings. The second kappa shape index (κ2) is 9.49. The normalized spacial score (nSPS) is 28.6. The summed E-state index contributed by atoms with van der Waals surface area (Å²) >= 11 is 19.1. The maximum Gasteiger partial charge on any atom is 0.230 e. The van der Waals surface area contributed by atoms with Crippen LogP contribution in [-0.2, 0) is 11.3 Å². The number of carbonyl (C=O) groups is 1. The summed E-state index contributed by atoms with van der Waals surface area (Å²) in [6.45, 7) is 0.738. The average molecular weight is 521 g/mol. The van der Waals surface area contributed by atoms with Crippen molar-refractivity contribution >= 4 is 40.7 Å². The molecular weight excluding hydrogens is 499 g/mol. The highest BCUT2D eigenvalue weighted by Gasteiger charge is 2.48. The van der Waals surface area contributed by atoms with Crippen molar-refractivity contribution in [2.75, 3.05) is 6.54 Å². The van der Waals surface area contributed by atoms with Gasteiger partial charge in [-0.1, -0.05) is 59.6 Å². The van der Waals surface area contributed by atoms with E-state index >= 15 is 0 Å². The van der Waals surface area contributed by atoms with Gasteiger partial charge < -0.3 is 4.90 Å². The van der Waals surface area contributed by atoms with Crippen LogP contribution in [0.5, 0.6) is 0 Å². The maximum atomic E-state index is 13.8. The highest BCUT2D eigenvalue weighted by molar-refractivity contribution is 6.31. The Morgan fingerprint density at radius 2 is 1.68 bits per heavy atom. The van der Waals surface area contributed by atoms with E-state index in [4.69, 9.17) is 34.8 Å². The lowest BCUT2D eigenvalue weighted by Gasteiger charge is -2.38. The van der Waals surface area contributed by atoms with Crippen LogP contribution in [0.25, 0.3) is 0 Å². The van der Waals surface area contributed by atoms with E-state index in [1.54, 1.807) is 4.90 Å². The molecule has 3 aliphatic rings. The van der Waals surface area contributed by atoms with Gasteiger partial charge in [0.15, 0.2) is 11.6 Å². The van der Waals surface area contributed by atoms with Gasteiger partial charge in [0, 0.05) is 35.5 Å². The van der Waals surface area contributed by atoms with Crippen LogP contribution >= 0.6 is 34.8 Å². The topological polar surface area (TPSA) is 20.3 Å². The number of hydrogen-bond donors (Lipinski definition) is 0. The fourth-order valence-electron chi connectivity index (χ4n) is 5.47. The van der Waals surface area contributed by atoms with E-state index in [-0.39, 0.29) is 41.5 Å². The minimum absolute atomic E-state index is 0.000107. The predicted octanol–water partition coefficient (Wildman–Crippen LogP) is 7.22. The molecule has 1 aliphatic heterocycles. The van der Waals surface area contributed by atoms with Crippen LogP contribution in [0.15, 0.2) is 77.4 Å². The molecule has 176 valence electrons. The Morgan fingerprint density at radius 3 is 2.38 bits per heavy atom. The minimum Gasteiger partial charge on any atom is -0.338 e. The number of rotatable bonds is 4. The van der Waals surface area contributed by atoms with Gasteiger partial charge in [0.1, 0.15) is 0 Å². The number of fused-ring (bicyclic) bond motifs is 1. The second-order valence-electron chi connectivity index (χ2n) is 9.10. The smallest absolute Gasteiger partial charge is 0.230 e. The number of hydrogen-bond acceptors (Lipinski definition) is 1. The Kier molecular flexibility index (Phi) is 6.58. The van der Waals surface area contributed by atoms with Gasteiger partial charge in [-0.3, -0.25) is 4.79 Å². The third-order valence-electron chi connectivity index (χ3n) is 7.05. The van der Waals surface area contributed by atoms with Gasteiger partial charge in [-0.25, -0.2) is 8.78 Å². The van der Waals surface area contributed by atoms with Crippen molar-refractivity contribution in [3.8, 4) is 0 Å². The quantitative estimate of drug-likeness (QED) is 0.308. The van der Waals surface area contributed by atoms with Crippen molar-refractivity contribution in [2.24, 2.45) is 17.8 Å². The van der Waals surface area contributed by atoms with Crippen LogP contribution < -0.4 is 0 Å². The van der Waals surface area contributed by atoms with Crippen LogP contribution in [0.1, 0.15) is 23.5 Å². The molecule has 0 aromatic heterocycles. The zero-order valence-electron chi connectivity index (χ0n) is 18.1. The molecule has 5 rings (SSSR count). The molecule has 2 nitrogen and oxygen atoms in total. The van der Waals surface area contributed by atoms with E-state index in [9.17, 15) is 13.6 Å². The van der Waals surface area contributed by atoms with Gasteiger partial charge in [0.05, 0.1) is 11.3 Å². The summed E-state index contributed by atoms with van der Waals surface area (Å²) in [5.41, 5.74) is 2.72. The number of halogens is 5. The Hall–Kier alpha value is -2.14. The lowest BCUT2D eigenvalue weighted by Crippen LogP contribution is -2.33. The fourth-order valence-corrected chi connectivity index (χ4v) is 6.27. The summed E-state index contributed by atoms with van der Waals surface area (Å²) in [5, 5.41) is 1.14. The summed E-state index contributed by atoms with van der Waals surface area (Å²) < 4.78 is 27.1. The number of benzene rings is 2. The minimum atomic E-state index is -0.912. The second-order valence-corrected chi connectivity index (χ2v) is 10.5. The first-order valence-corrected chi connectivity index (χ1v) is 12.4. The van der Waals surface area contributed by atoms with Crippen molar-refractivity contribution < 1.29 is 13.6 Å². The first kappa shape index (κ1) is 23.6. The molecule has 0 saturated carbocycles. The van der Waals surface area contributed by atoms with Crippen LogP contribution in [-0.4, -0.2) is 22.7 Å². The van der Waals surface area contributed by atoms with E-state index < -0.39 is 11.6 Å². The van der Waals surface area contributed by atoms with Gasteiger partial charge in [-0.15, -0.1) is 11.6 Å². The summed E-state index contributed by atoms with van der Waals surface area (Å²) in [4.78, 5) is 15.1. The highest BCUT2D eigenvalue weighted by atomic mass is 35.5. The van der Waals surface area contributed by atoms with Crippen molar-refractivity contribution in [3.63, 3.8) is 0 Å². The lowest BCUT2D eigenvalue weighted by molar-refractivity contribution is -0.130. The number of allylic oxidation sites excluding steroid dienone is 5. The van der Waals surface area contributed by atoms with E-state index in [1.165, 1.54) is 6.07 Å². The number of alkyl halides is 1. The van der Waals surface area contributed by atoms with Crippen molar-refractivity contribution in [3.05, 3.63) is 105 Å². The van der Waals surface area contributed by atoms with Crippen molar-refractivity contribution in [2.45, 2.75) is 24.3 Å². The summed E-state index contributed by atoms with van der Waals surface area (Å²) in [6, 6.07) is 11.5. The molecule has 0 bridgehead atoms. The molecule has 1 heterocycles. The third-order valence-corrected chi connectivity index (χ3v) is 7.99. The predicted molar refractivity (Wildman–Crippen MR) is 132 cm³/mol. The Morgan fingerprint density at radius 1 is 0.941 bits per heavy atom. The number of amides is 1. The largest absolute Gasteiger partial charge is 0.338 e. The molecule has 2 aromatic rings. The van der Waals surface area contributed by atoms with Gasteiger partial charge in [0.25, 0.3) is 0 Å². The molecule has 1 saturated heterocycles. The molecule has 5 atom stereocenters. The zero-order chi connectivity index (χ0) is 24.0. The third kappa shape index (κ3) is 4.44. The van der Waals surface area contributed by atoms with Crippen LogP contribution in [0, 0.1) is 29.4 Å². The molecule has 2 aromatic carbocycles. The molecule has 0 spiro atoms. The van der Waals surface area contributed by atoms with Crippen LogP contribution in [0.2, 0.25) is 5.02 Å². The Bertz CT molecular complexity index is 1210. The fraction of sp³-hybridized carbons (Fsp3) is 0.296. The maximum absolute atomic E-state index is 13.8. The molecule has 34 heavy (non-hydrogen) atoms. The number of carbonyl (C=O) groups excluding carboxylic acids is 1. The summed E-state index contributed by atoms with van der Waals surface area (Å²) in [6.07, 6.45) is 8.54. The van der Waals surface area contributed by atoms with Gasteiger partial charge >= 0.3 is 0 Å². The molecule has 1 amide bonds. The summed E-state index contributed by atoms with van der Waals surface area (Å²) in [7, 11) is 0. The van der Waals surface area contributed by atoms with Gasteiger partial charge in [-0.2, -0.15) is 0 Å². The standard InChI is InChI=1S/C27H22Cl3F2NO/c28-17-4-2-16(3-5-17)26-20(19-7-6-18(29)12-23(19)30)8-9-21-22(26)14-33(27(21)34)13-15-1-10-24(31)25(32)11-15/h1-11,20-23,26H,12-14H2/t20-,21-,22+,23?,26+/m0/s1. The first-order valence-electron chi connectivity index (χ1n) is 11.2.